The molecule has 0 aliphatic heterocycles. The molecule has 0 bridgehead atoms. The van der Waals surface area contributed by atoms with Crippen LogP contribution in [0.1, 0.15) is 66.2 Å². The maximum atomic E-state index is 5.41. The molecule has 0 rings (SSSR count). The van der Waals surface area contributed by atoms with Gasteiger partial charge >= 0.3 is 0 Å². The Hall–Kier alpha value is -0.160. The molecule has 0 aromatic carbocycles. The van der Waals surface area contributed by atoms with Gasteiger partial charge in [-0.25, -0.2) is 0 Å². The minimum absolute atomic E-state index is 0.639. The first-order valence-electron chi connectivity index (χ1n) is 8.32. The summed E-state index contributed by atoms with van der Waals surface area (Å²) in [6, 6.07) is 0. The molecule has 0 aliphatic rings. The molecule has 0 radical (unpaired) electrons. The van der Waals surface area contributed by atoms with Crippen LogP contribution in [0.5, 0.6) is 0 Å². The fourth-order valence-corrected chi connectivity index (χ4v) is 1.20. The smallest absolute Gasteiger partial charge is 0.0588 e. The van der Waals surface area contributed by atoms with Crippen molar-refractivity contribution in [2.24, 2.45) is 23.1 Å². The third-order valence-electron chi connectivity index (χ3n) is 2.62. The molecule has 6 N–H and O–H groups in total. The molecule has 0 heterocycles. The number of hydrogen-bond donors (Lipinski definition) is 3. The van der Waals surface area contributed by atoms with Gasteiger partial charge in [-0.05, 0) is 38.3 Å². The average molecular weight is 292 g/mol. The van der Waals surface area contributed by atoms with Crippen molar-refractivity contribution in [3.8, 4) is 0 Å². The molecular formula is C16H41N3O. The molecule has 0 amide bonds. The van der Waals surface area contributed by atoms with E-state index in [9.17, 15) is 0 Å². The fourth-order valence-electron chi connectivity index (χ4n) is 1.20. The van der Waals surface area contributed by atoms with Crippen LogP contribution >= 0.6 is 0 Å². The number of hydrogen-bond acceptors (Lipinski definition) is 4. The summed E-state index contributed by atoms with van der Waals surface area (Å²) in [5, 5.41) is 0. The maximum Gasteiger partial charge on any atom is 0.0588 e. The van der Waals surface area contributed by atoms with E-state index in [-0.39, 0.29) is 0 Å². The Labute approximate surface area is 127 Å². The second-order valence-electron chi connectivity index (χ2n) is 5.03. The lowest BCUT2D eigenvalue weighted by Crippen LogP contribution is -2.09. The highest BCUT2D eigenvalue weighted by Crippen LogP contribution is 2.04. The van der Waals surface area contributed by atoms with Gasteiger partial charge in [-0.1, -0.05) is 47.0 Å². The van der Waals surface area contributed by atoms with Crippen LogP contribution in [0.2, 0.25) is 0 Å². The van der Waals surface area contributed by atoms with Crippen molar-refractivity contribution < 1.29 is 4.74 Å². The van der Waals surface area contributed by atoms with Crippen molar-refractivity contribution in [3.63, 3.8) is 0 Å². The van der Waals surface area contributed by atoms with Gasteiger partial charge in [0, 0.05) is 13.2 Å². The lowest BCUT2D eigenvalue weighted by molar-refractivity contribution is 0.142. The lowest BCUT2D eigenvalue weighted by atomic mass is 10.1. The normalized spacial score (nSPS) is 10.9. The molecule has 0 saturated heterocycles. The standard InChI is InChI=1S/C7H17N.C5H13NO.C4H11N/c1-3-4-5-7(2)6-8;1-2-4-7-5-3-6;1-2-3-4-5/h7H,3-6,8H2,1-2H3;2-6H2,1H3;2-5H2,1H3. The Kier molecular flexibility index (Phi) is 33.8. The lowest BCUT2D eigenvalue weighted by Gasteiger charge is -2.04. The topological polar surface area (TPSA) is 87.3 Å². The summed E-state index contributed by atoms with van der Waals surface area (Å²) >= 11 is 0. The molecule has 1 atom stereocenters. The van der Waals surface area contributed by atoms with Crippen molar-refractivity contribution in [1.29, 1.82) is 0 Å². The summed E-state index contributed by atoms with van der Waals surface area (Å²) in [6.45, 7) is 12.5. The van der Waals surface area contributed by atoms with Crippen LogP contribution in [-0.4, -0.2) is 32.8 Å². The Morgan fingerprint density at radius 1 is 0.800 bits per heavy atom. The monoisotopic (exact) mass is 291 g/mol. The molecule has 126 valence electrons. The highest BCUT2D eigenvalue weighted by atomic mass is 16.5. The first kappa shape index (κ1) is 24.8. The summed E-state index contributed by atoms with van der Waals surface area (Å²) in [5.41, 5.74) is 15.7. The fraction of sp³-hybridized carbons (Fsp3) is 1.00. The SMILES string of the molecule is CCCCC(C)CN.CCCCN.CCCOCCN. The summed E-state index contributed by atoms with van der Waals surface area (Å²) in [5.74, 6) is 0.731. The van der Waals surface area contributed by atoms with Crippen molar-refractivity contribution in [3.05, 3.63) is 0 Å². The van der Waals surface area contributed by atoms with E-state index in [0.29, 0.717) is 13.2 Å². The van der Waals surface area contributed by atoms with Crippen molar-refractivity contribution >= 4 is 0 Å². The van der Waals surface area contributed by atoms with Gasteiger partial charge < -0.3 is 21.9 Å². The first-order chi connectivity index (χ1) is 9.64. The van der Waals surface area contributed by atoms with Crippen LogP contribution in [-0.2, 0) is 4.74 Å². The molecule has 20 heavy (non-hydrogen) atoms. The number of rotatable bonds is 10. The largest absolute Gasteiger partial charge is 0.380 e. The van der Waals surface area contributed by atoms with E-state index in [1.54, 1.807) is 0 Å². The molecule has 4 nitrogen and oxygen atoms in total. The van der Waals surface area contributed by atoms with Crippen LogP contribution in [0.15, 0.2) is 0 Å². The second-order valence-corrected chi connectivity index (χ2v) is 5.03. The van der Waals surface area contributed by atoms with Gasteiger partial charge in [-0.2, -0.15) is 0 Å². The minimum atomic E-state index is 0.639. The van der Waals surface area contributed by atoms with Gasteiger partial charge in [-0.3, -0.25) is 0 Å². The van der Waals surface area contributed by atoms with E-state index in [4.69, 9.17) is 21.9 Å². The van der Waals surface area contributed by atoms with E-state index in [1.165, 1.54) is 32.1 Å². The predicted molar refractivity (Wildman–Crippen MR) is 91.9 cm³/mol. The van der Waals surface area contributed by atoms with Gasteiger partial charge in [0.1, 0.15) is 0 Å². The van der Waals surface area contributed by atoms with Crippen molar-refractivity contribution in [1.82, 2.24) is 0 Å². The zero-order valence-electron chi connectivity index (χ0n) is 14.5. The van der Waals surface area contributed by atoms with E-state index in [0.717, 1.165) is 32.0 Å². The van der Waals surface area contributed by atoms with E-state index < -0.39 is 0 Å². The van der Waals surface area contributed by atoms with Gasteiger partial charge in [0.05, 0.1) is 6.61 Å². The maximum absolute atomic E-state index is 5.41. The van der Waals surface area contributed by atoms with Crippen LogP contribution in [0, 0.1) is 5.92 Å². The van der Waals surface area contributed by atoms with Crippen LogP contribution in [0.25, 0.3) is 0 Å². The molecule has 0 aromatic heterocycles. The Morgan fingerprint density at radius 3 is 1.70 bits per heavy atom. The van der Waals surface area contributed by atoms with Gasteiger partial charge in [-0.15, -0.1) is 0 Å². The molecule has 0 aromatic rings. The van der Waals surface area contributed by atoms with E-state index in [1.807, 2.05) is 0 Å². The summed E-state index contributed by atoms with van der Waals surface area (Å²) in [7, 11) is 0. The first-order valence-corrected chi connectivity index (χ1v) is 8.32. The minimum Gasteiger partial charge on any atom is -0.380 e. The van der Waals surface area contributed by atoms with Crippen molar-refractivity contribution in [2.75, 3.05) is 32.8 Å². The third kappa shape index (κ3) is 36.1. The average Bonchev–Trinajstić information content (AvgIpc) is 2.47. The molecule has 0 aliphatic carbocycles. The highest BCUT2D eigenvalue weighted by Gasteiger charge is 1.94. The quantitative estimate of drug-likeness (QED) is 0.540. The van der Waals surface area contributed by atoms with Crippen LogP contribution in [0.3, 0.4) is 0 Å². The summed E-state index contributed by atoms with van der Waals surface area (Å²) in [4.78, 5) is 0. The Bertz CT molecular complexity index is 129. The number of unbranched alkanes of at least 4 members (excludes halogenated alkanes) is 2. The van der Waals surface area contributed by atoms with Crippen molar-refractivity contribution in [2.45, 2.75) is 66.2 Å². The Morgan fingerprint density at radius 2 is 1.40 bits per heavy atom. The molecule has 0 saturated carbocycles. The van der Waals surface area contributed by atoms with Gasteiger partial charge in [0.2, 0.25) is 0 Å². The molecular weight excluding hydrogens is 250 g/mol. The zero-order valence-corrected chi connectivity index (χ0v) is 14.5. The molecule has 4 heteroatoms. The van der Waals surface area contributed by atoms with E-state index >= 15 is 0 Å². The van der Waals surface area contributed by atoms with Crippen LogP contribution < -0.4 is 17.2 Å². The third-order valence-corrected chi connectivity index (χ3v) is 2.62. The second kappa shape index (κ2) is 27.2. The Balaban J connectivity index is -0.000000223. The van der Waals surface area contributed by atoms with Gasteiger partial charge in [0.15, 0.2) is 0 Å². The number of nitrogens with two attached hydrogens (primary N) is 3. The molecule has 1 unspecified atom stereocenters. The highest BCUT2D eigenvalue weighted by molar-refractivity contribution is 4.51. The van der Waals surface area contributed by atoms with Gasteiger partial charge in [0.25, 0.3) is 0 Å². The predicted octanol–water partition coefficient (Wildman–Crippen LogP) is 2.89. The summed E-state index contributed by atoms with van der Waals surface area (Å²) < 4.78 is 5.01. The van der Waals surface area contributed by atoms with Crippen LogP contribution in [0.4, 0.5) is 0 Å². The molecule has 0 spiro atoms. The number of ether oxygens (including phenoxy) is 1. The van der Waals surface area contributed by atoms with E-state index in [2.05, 4.69) is 27.7 Å². The molecule has 0 fully saturated rings. The summed E-state index contributed by atoms with van der Waals surface area (Å²) in [6.07, 6.45) is 7.40. The zero-order chi connectivity index (χ0) is 16.1.